The van der Waals surface area contributed by atoms with E-state index in [0.29, 0.717) is 56.6 Å². The second kappa shape index (κ2) is 12.5. The van der Waals surface area contributed by atoms with Crippen molar-refractivity contribution in [3.05, 3.63) is 0 Å². The van der Waals surface area contributed by atoms with E-state index in [9.17, 15) is 14.9 Å². The molecule has 0 radical (unpaired) electrons. The number of likely N-dealkylation sites (tertiary alicyclic amines) is 1. The van der Waals surface area contributed by atoms with Crippen LogP contribution in [-0.4, -0.2) is 72.6 Å². The van der Waals surface area contributed by atoms with Crippen molar-refractivity contribution in [2.45, 2.75) is 109 Å². The average Bonchev–Trinajstić information content (AvgIpc) is 3.33. The van der Waals surface area contributed by atoms with Crippen molar-refractivity contribution in [3.8, 4) is 6.07 Å². The summed E-state index contributed by atoms with van der Waals surface area (Å²) in [5.41, 5.74) is -0.489. The molecule has 0 aromatic rings. The fourth-order valence-electron chi connectivity index (χ4n) is 7.28. The molecule has 0 aromatic heterocycles. The molecule has 2 atom stereocenters. The standard InChI is InChI=1S/C30H50N4O3/c1-29(2,3)25-9-11-26(12-10-25)34-14-13-30(21-31,22-34)32-28(36)24(19-23-7-5-4-6-8-23)20-27(35)33-15-17-37-18-16-33/h23-26H,4-20,22H2,1-3H3,(H,32,36). The maximum atomic E-state index is 13.7. The molecule has 2 unspecified atom stereocenters. The van der Waals surface area contributed by atoms with Crippen molar-refractivity contribution in [1.82, 2.24) is 15.1 Å². The molecule has 37 heavy (non-hydrogen) atoms. The van der Waals surface area contributed by atoms with Gasteiger partial charge in [0.05, 0.1) is 19.3 Å². The Bertz CT molecular complexity index is 814. The van der Waals surface area contributed by atoms with Crippen LogP contribution in [0, 0.1) is 34.5 Å². The molecule has 2 aliphatic heterocycles. The molecule has 2 saturated heterocycles. The van der Waals surface area contributed by atoms with Gasteiger partial charge in [-0.1, -0.05) is 52.9 Å². The number of hydrogen-bond donors (Lipinski definition) is 1. The van der Waals surface area contributed by atoms with Crippen LogP contribution in [0.5, 0.6) is 0 Å². The van der Waals surface area contributed by atoms with Gasteiger partial charge in [0.2, 0.25) is 11.8 Å². The van der Waals surface area contributed by atoms with Gasteiger partial charge < -0.3 is 15.0 Å². The van der Waals surface area contributed by atoms with Crippen molar-refractivity contribution in [3.63, 3.8) is 0 Å². The molecule has 2 aliphatic carbocycles. The number of ether oxygens (including phenoxy) is 1. The third kappa shape index (κ3) is 7.47. The van der Waals surface area contributed by atoms with Crippen molar-refractivity contribution in [2.24, 2.45) is 23.2 Å². The molecule has 7 heteroatoms. The number of morpholine rings is 1. The van der Waals surface area contributed by atoms with Crippen LogP contribution in [-0.2, 0) is 14.3 Å². The number of amides is 2. The Balaban J connectivity index is 1.37. The van der Waals surface area contributed by atoms with Gasteiger partial charge in [-0.25, -0.2) is 0 Å². The lowest BCUT2D eigenvalue weighted by atomic mass is 9.71. The van der Waals surface area contributed by atoms with E-state index in [0.717, 1.165) is 31.7 Å². The van der Waals surface area contributed by atoms with Gasteiger partial charge in [0, 0.05) is 44.6 Å². The number of nitrogens with one attached hydrogen (secondary N) is 1. The minimum atomic E-state index is -0.842. The van der Waals surface area contributed by atoms with Crippen LogP contribution in [0.4, 0.5) is 0 Å². The Morgan fingerprint density at radius 1 is 1.03 bits per heavy atom. The van der Waals surface area contributed by atoms with Crippen molar-refractivity contribution in [2.75, 3.05) is 39.4 Å². The summed E-state index contributed by atoms with van der Waals surface area (Å²) in [4.78, 5) is 31.1. The zero-order valence-electron chi connectivity index (χ0n) is 23.6. The van der Waals surface area contributed by atoms with Gasteiger partial charge >= 0.3 is 0 Å². The van der Waals surface area contributed by atoms with Crippen LogP contribution >= 0.6 is 0 Å². The number of nitriles is 1. The molecule has 2 heterocycles. The molecular weight excluding hydrogens is 464 g/mol. The van der Waals surface area contributed by atoms with Gasteiger partial charge in [0.25, 0.3) is 0 Å². The van der Waals surface area contributed by atoms with Crippen LogP contribution < -0.4 is 5.32 Å². The van der Waals surface area contributed by atoms with E-state index >= 15 is 0 Å². The van der Waals surface area contributed by atoms with Crippen LogP contribution in [0.3, 0.4) is 0 Å². The first-order valence-corrected chi connectivity index (χ1v) is 15.0. The summed E-state index contributed by atoms with van der Waals surface area (Å²) in [6.07, 6.45) is 12.5. The molecule has 2 saturated carbocycles. The molecule has 208 valence electrons. The Kier molecular flexibility index (Phi) is 9.56. The topological polar surface area (TPSA) is 85.7 Å². The van der Waals surface area contributed by atoms with E-state index in [4.69, 9.17) is 4.74 Å². The van der Waals surface area contributed by atoms with E-state index in [1.54, 1.807) is 0 Å². The SMILES string of the molecule is CC(C)(C)C1CCC(N2CCC(C#N)(NC(=O)C(CC(=O)N3CCOCC3)CC3CCCCC3)C2)CC1. The molecule has 4 rings (SSSR count). The first kappa shape index (κ1) is 28.4. The van der Waals surface area contributed by atoms with Gasteiger partial charge in [-0.3, -0.25) is 14.5 Å². The summed E-state index contributed by atoms with van der Waals surface area (Å²) in [5.74, 6) is 0.857. The lowest BCUT2D eigenvalue weighted by Gasteiger charge is -2.40. The second-order valence-corrected chi connectivity index (χ2v) is 13.4. The Morgan fingerprint density at radius 2 is 1.70 bits per heavy atom. The lowest BCUT2D eigenvalue weighted by molar-refractivity contribution is -0.140. The normalized spacial score (nSPS) is 31.0. The molecule has 2 amide bonds. The molecule has 4 aliphatic rings. The first-order valence-electron chi connectivity index (χ1n) is 15.0. The molecule has 0 bridgehead atoms. The summed E-state index contributed by atoms with van der Waals surface area (Å²) in [5, 5.41) is 13.4. The van der Waals surface area contributed by atoms with E-state index in [1.807, 2.05) is 4.90 Å². The third-order valence-corrected chi connectivity index (χ3v) is 9.81. The van der Waals surface area contributed by atoms with Gasteiger partial charge in [-0.2, -0.15) is 5.26 Å². The first-order chi connectivity index (χ1) is 17.7. The number of carbonyl (C=O) groups is 2. The minimum Gasteiger partial charge on any atom is -0.378 e. The van der Waals surface area contributed by atoms with Gasteiger partial charge in [-0.05, 0) is 55.8 Å². The monoisotopic (exact) mass is 514 g/mol. The zero-order chi connectivity index (χ0) is 26.5. The maximum Gasteiger partial charge on any atom is 0.224 e. The highest BCUT2D eigenvalue weighted by atomic mass is 16.5. The fourth-order valence-corrected chi connectivity index (χ4v) is 7.28. The average molecular weight is 515 g/mol. The lowest BCUT2D eigenvalue weighted by Crippen LogP contribution is -2.53. The summed E-state index contributed by atoms with van der Waals surface area (Å²) in [6, 6.07) is 3.01. The van der Waals surface area contributed by atoms with Crippen LogP contribution in [0.2, 0.25) is 0 Å². The molecule has 0 spiro atoms. The second-order valence-electron chi connectivity index (χ2n) is 13.4. The molecule has 0 aromatic carbocycles. The number of carbonyl (C=O) groups excluding carboxylic acids is 2. The molecule has 1 N–H and O–H groups in total. The summed E-state index contributed by atoms with van der Waals surface area (Å²) in [6.45, 7) is 10.8. The van der Waals surface area contributed by atoms with E-state index in [-0.39, 0.29) is 24.2 Å². The Hall–Kier alpha value is -1.65. The van der Waals surface area contributed by atoms with Crippen molar-refractivity contribution >= 4 is 11.8 Å². The van der Waals surface area contributed by atoms with E-state index in [1.165, 1.54) is 44.9 Å². The smallest absolute Gasteiger partial charge is 0.224 e. The third-order valence-electron chi connectivity index (χ3n) is 9.81. The van der Waals surface area contributed by atoms with E-state index < -0.39 is 5.54 Å². The van der Waals surface area contributed by atoms with Crippen molar-refractivity contribution in [1.29, 1.82) is 5.26 Å². The van der Waals surface area contributed by atoms with Gasteiger partial charge in [0.15, 0.2) is 0 Å². The van der Waals surface area contributed by atoms with E-state index in [2.05, 4.69) is 37.1 Å². The van der Waals surface area contributed by atoms with Gasteiger partial charge in [-0.15, -0.1) is 0 Å². The molecular formula is C30H50N4O3. The Labute approximate surface area is 224 Å². The van der Waals surface area contributed by atoms with Crippen molar-refractivity contribution < 1.29 is 14.3 Å². The molecule has 4 fully saturated rings. The highest BCUT2D eigenvalue weighted by Gasteiger charge is 2.44. The largest absolute Gasteiger partial charge is 0.378 e. The van der Waals surface area contributed by atoms with Crippen LogP contribution in [0.25, 0.3) is 0 Å². The number of nitrogens with zero attached hydrogens (tertiary/aromatic N) is 3. The zero-order valence-corrected chi connectivity index (χ0v) is 23.6. The Morgan fingerprint density at radius 3 is 2.32 bits per heavy atom. The maximum absolute atomic E-state index is 13.7. The summed E-state index contributed by atoms with van der Waals surface area (Å²) < 4.78 is 5.41. The summed E-state index contributed by atoms with van der Waals surface area (Å²) >= 11 is 0. The fraction of sp³-hybridized carbons (Fsp3) is 0.900. The number of rotatable bonds is 7. The summed E-state index contributed by atoms with van der Waals surface area (Å²) in [7, 11) is 0. The van der Waals surface area contributed by atoms with Crippen LogP contribution in [0.15, 0.2) is 0 Å². The predicted octanol–water partition coefficient (Wildman–Crippen LogP) is 4.51. The molecule has 7 nitrogen and oxygen atoms in total. The minimum absolute atomic E-state index is 0.0499. The highest BCUT2D eigenvalue weighted by Crippen LogP contribution is 2.40. The number of hydrogen-bond acceptors (Lipinski definition) is 5. The quantitative estimate of drug-likeness (QED) is 0.540. The van der Waals surface area contributed by atoms with Crippen LogP contribution in [0.1, 0.15) is 97.8 Å². The van der Waals surface area contributed by atoms with Gasteiger partial charge in [0.1, 0.15) is 5.54 Å². The predicted molar refractivity (Wildman–Crippen MR) is 145 cm³/mol. The highest BCUT2D eigenvalue weighted by molar-refractivity contribution is 5.86.